The molecule has 4 heteroatoms. The number of hydrogen-bond donors (Lipinski definition) is 3. The van der Waals surface area contributed by atoms with Crippen LogP contribution >= 0.6 is 0 Å². The Morgan fingerprint density at radius 1 is 1.73 bits per heavy atom. The van der Waals surface area contributed by atoms with E-state index in [1.54, 1.807) is 6.20 Å². The van der Waals surface area contributed by atoms with Gasteiger partial charge in [0.05, 0.1) is 0 Å². The molecule has 1 heterocycles. The highest BCUT2D eigenvalue weighted by atomic mass is 15.1. The molecule has 0 saturated carbocycles. The van der Waals surface area contributed by atoms with E-state index in [1.165, 1.54) is 0 Å². The molecule has 0 amide bonds. The molecule has 0 aromatic carbocycles. The third-order valence-electron chi connectivity index (χ3n) is 1.23. The van der Waals surface area contributed by atoms with E-state index in [4.69, 9.17) is 10.5 Å². The Morgan fingerprint density at radius 2 is 2.55 bits per heavy atom. The lowest BCUT2D eigenvalue weighted by molar-refractivity contribution is -0.0910. The molecule has 1 aliphatic heterocycles. The normalized spacial score (nSPS) is 18.7. The molecule has 0 unspecified atom stereocenters. The molecule has 0 aromatic rings. The highest BCUT2D eigenvalue weighted by molar-refractivity contribution is 5.39. The van der Waals surface area contributed by atoms with Crippen molar-refractivity contribution in [1.29, 1.82) is 5.26 Å². The van der Waals surface area contributed by atoms with E-state index in [9.17, 15) is 0 Å². The fraction of sp³-hybridized carbons (Fsp3) is 0.143. The fourth-order valence-corrected chi connectivity index (χ4v) is 0.720. The second-order valence-electron chi connectivity index (χ2n) is 1.91. The molecule has 0 aromatic heterocycles. The van der Waals surface area contributed by atoms with Crippen molar-refractivity contribution >= 4 is 0 Å². The van der Waals surface area contributed by atoms with Crippen LogP contribution in [0.15, 0.2) is 23.7 Å². The Balaban J connectivity index is 2.89. The number of nitriles is 1. The van der Waals surface area contributed by atoms with Gasteiger partial charge in [0.15, 0.2) is 0 Å². The van der Waals surface area contributed by atoms with Crippen LogP contribution in [-0.2, 0) is 0 Å². The van der Waals surface area contributed by atoms with Gasteiger partial charge in [0, 0.05) is 12.7 Å². The van der Waals surface area contributed by atoms with E-state index in [2.05, 4.69) is 10.6 Å². The van der Waals surface area contributed by atoms with E-state index < -0.39 is 0 Å². The van der Waals surface area contributed by atoms with Crippen molar-refractivity contribution in [3.8, 4) is 12.1 Å². The third kappa shape index (κ3) is 1.50. The molecular formula is C7H7N4+. The predicted octanol–water partition coefficient (Wildman–Crippen LogP) is -1.80. The zero-order valence-corrected chi connectivity index (χ0v) is 5.81. The second kappa shape index (κ2) is 3.28. The van der Waals surface area contributed by atoms with Gasteiger partial charge in [-0.25, -0.2) is 0 Å². The number of rotatable bonds is 0. The molecular weight excluding hydrogens is 140 g/mol. The predicted molar refractivity (Wildman–Crippen MR) is 37.8 cm³/mol. The number of hydrogen-bond acceptors (Lipinski definition) is 3. The maximum atomic E-state index is 8.48. The number of nitrogens with zero attached hydrogens (tertiary/aromatic N) is 1. The van der Waals surface area contributed by atoms with Gasteiger partial charge in [-0.15, -0.1) is 0 Å². The van der Waals surface area contributed by atoms with Gasteiger partial charge in [-0.3, -0.25) is 0 Å². The highest BCUT2D eigenvalue weighted by Gasteiger charge is 2.08. The van der Waals surface area contributed by atoms with Crippen LogP contribution in [0.4, 0.5) is 0 Å². The second-order valence-corrected chi connectivity index (χ2v) is 1.91. The topological polar surface area (TPSA) is 71.7 Å². The van der Waals surface area contributed by atoms with Crippen molar-refractivity contribution < 1.29 is 5.26 Å². The average Bonchev–Trinajstić information content (AvgIpc) is 2.09. The van der Waals surface area contributed by atoms with Crippen LogP contribution in [0.25, 0.3) is 0 Å². The lowest BCUT2D eigenvalue weighted by Gasteiger charge is -2.11. The summed E-state index contributed by atoms with van der Waals surface area (Å²) in [5.74, 6) is 0.546. The van der Waals surface area contributed by atoms with Gasteiger partial charge in [0.1, 0.15) is 11.9 Å². The van der Waals surface area contributed by atoms with Gasteiger partial charge in [0.2, 0.25) is 5.57 Å². The summed E-state index contributed by atoms with van der Waals surface area (Å²) in [6.45, 7) is 0.676. The maximum absolute atomic E-state index is 8.48. The Kier molecular flexibility index (Phi) is 2.14. The first-order valence-electron chi connectivity index (χ1n) is 3.11. The zero-order valence-electron chi connectivity index (χ0n) is 5.81. The zero-order chi connectivity index (χ0) is 8.10. The summed E-state index contributed by atoms with van der Waals surface area (Å²) >= 11 is 0. The van der Waals surface area contributed by atoms with Crippen molar-refractivity contribution in [2.75, 3.05) is 6.54 Å². The molecule has 1 rings (SSSR count). The first-order chi connectivity index (χ1) is 5.38. The van der Waals surface area contributed by atoms with E-state index in [1.807, 2.05) is 18.2 Å². The van der Waals surface area contributed by atoms with Crippen LogP contribution in [0.3, 0.4) is 0 Å². The number of nitrogens with one attached hydrogen (secondary N) is 3. The van der Waals surface area contributed by atoms with Gasteiger partial charge in [-0.2, -0.15) is 5.26 Å². The Morgan fingerprint density at radius 3 is 3.00 bits per heavy atom. The minimum atomic E-state index is 0.189. The van der Waals surface area contributed by atoms with E-state index in [-0.39, 0.29) is 5.57 Å². The Hall–Kier alpha value is -1.94. The first kappa shape index (κ1) is 7.17. The molecule has 4 nitrogen and oxygen atoms in total. The summed E-state index contributed by atoms with van der Waals surface area (Å²) in [5, 5.41) is 20.9. The van der Waals surface area contributed by atoms with Crippen molar-refractivity contribution in [3.63, 3.8) is 0 Å². The largest absolute Gasteiger partial charge is 0.366 e. The van der Waals surface area contributed by atoms with Gasteiger partial charge < -0.3 is 10.6 Å². The van der Waals surface area contributed by atoms with Crippen LogP contribution in [0, 0.1) is 17.4 Å². The van der Waals surface area contributed by atoms with Crippen molar-refractivity contribution in [3.05, 3.63) is 23.7 Å². The standard InChI is InChI=1S/C7H6N4/c8-4-6(5-9)7-10-2-1-3-11-7/h1-2,10-11H,3H2/p+1. The van der Waals surface area contributed by atoms with Crippen LogP contribution in [0.2, 0.25) is 0 Å². The van der Waals surface area contributed by atoms with Crippen LogP contribution in [0.1, 0.15) is 0 Å². The SMILES string of the molecule is N#CC(C#[NH+])=C1NC=CCN1. The van der Waals surface area contributed by atoms with Crippen LogP contribution in [0.5, 0.6) is 0 Å². The minimum Gasteiger partial charge on any atom is -0.366 e. The molecule has 0 atom stereocenters. The Bertz CT molecular complexity index is 271. The summed E-state index contributed by atoms with van der Waals surface area (Å²) in [6.07, 6.45) is 3.60. The summed E-state index contributed by atoms with van der Waals surface area (Å²) in [6, 6.07) is 3.87. The summed E-state index contributed by atoms with van der Waals surface area (Å²) in [4.78, 5) is 0. The average molecular weight is 147 g/mol. The monoisotopic (exact) mass is 147 g/mol. The number of allylic oxidation sites excluding steroid dienone is 1. The summed E-state index contributed by atoms with van der Waals surface area (Å²) in [7, 11) is 0. The summed E-state index contributed by atoms with van der Waals surface area (Å²) < 4.78 is 0. The molecule has 0 spiro atoms. The fourth-order valence-electron chi connectivity index (χ4n) is 0.720. The molecule has 0 aliphatic carbocycles. The molecule has 0 fully saturated rings. The van der Waals surface area contributed by atoms with E-state index in [0.29, 0.717) is 12.4 Å². The maximum Gasteiger partial charge on any atom is 0.323 e. The third-order valence-corrected chi connectivity index (χ3v) is 1.23. The molecule has 3 N–H and O–H groups in total. The molecule has 0 saturated heterocycles. The van der Waals surface area contributed by atoms with Gasteiger partial charge in [0.25, 0.3) is 0 Å². The summed E-state index contributed by atoms with van der Waals surface area (Å²) in [5.41, 5.74) is 0.189. The van der Waals surface area contributed by atoms with Crippen molar-refractivity contribution in [2.45, 2.75) is 0 Å². The molecule has 0 radical (unpaired) electrons. The lowest BCUT2D eigenvalue weighted by Crippen LogP contribution is -2.30. The van der Waals surface area contributed by atoms with Crippen LogP contribution in [-0.4, -0.2) is 6.54 Å². The Labute approximate surface area is 64.4 Å². The van der Waals surface area contributed by atoms with Crippen LogP contribution < -0.4 is 15.9 Å². The van der Waals surface area contributed by atoms with Gasteiger partial charge in [-0.05, 0) is 6.08 Å². The van der Waals surface area contributed by atoms with Crippen molar-refractivity contribution in [1.82, 2.24) is 10.6 Å². The van der Waals surface area contributed by atoms with Crippen molar-refractivity contribution in [2.24, 2.45) is 0 Å². The molecule has 0 bridgehead atoms. The quantitative estimate of drug-likeness (QED) is 0.354. The minimum absolute atomic E-state index is 0.189. The lowest BCUT2D eigenvalue weighted by atomic mass is 10.3. The van der Waals surface area contributed by atoms with E-state index in [0.717, 1.165) is 0 Å². The van der Waals surface area contributed by atoms with Gasteiger partial charge >= 0.3 is 6.07 Å². The molecule has 54 valence electrons. The van der Waals surface area contributed by atoms with Gasteiger partial charge in [-0.1, -0.05) is 5.26 Å². The molecule has 1 aliphatic rings. The van der Waals surface area contributed by atoms with E-state index >= 15 is 0 Å². The first-order valence-corrected chi connectivity index (χ1v) is 3.11. The smallest absolute Gasteiger partial charge is 0.323 e. The highest BCUT2D eigenvalue weighted by Crippen LogP contribution is 1.96. The molecule has 11 heavy (non-hydrogen) atoms.